The van der Waals surface area contributed by atoms with Crippen LogP contribution in [-0.4, -0.2) is 24.2 Å². The summed E-state index contributed by atoms with van der Waals surface area (Å²) in [5.74, 6) is -0.0959. The highest BCUT2D eigenvalue weighted by Gasteiger charge is 2.27. The van der Waals surface area contributed by atoms with E-state index in [0.29, 0.717) is 24.4 Å². The van der Waals surface area contributed by atoms with Gasteiger partial charge in [0.15, 0.2) is 6.61 Å². The Labute approximate surface area is 127 Å². The van der Waals surface area contributed by atoms with E-state index >= 15 is 0 Å². The average molecular weight is 301 g/mol. The number of aliphatic hydroxyl groups excluding tert-OH is 1. The van der Waals surface area contributed by atoms with E-state index in [1.807, 2.05) is 24.3 Å². The van der Waals surface area contributed by atoms with Gasteiger partial charge in [0.25, 0.3) is 5.91 Å². The topological polar surface area (TPSA) is 49.8 Å². The number of rotatable bonds is 3. The van der Waals surface area contributed by atoms with Gasteiger partial charge in [0.05, 0.1) is 6.10 Å². The highest BCUT2D eigenvalue weighted by atomic mass is 19.1. The van der Waals surface area contributed by atoms with Crippen LogP contribution in [0.4, 0.5) is 10.1 Å². The predicted octanol–water partition coefficient (Wildman–Crippen LogP) is 2.67. The van der Waals surface area contributed by atoms with Crippen LogP contribution in [0.3, 0.4) is 0 Å². The van der Waals surface area contributed by atoms with E-state index in [1.165, 1.54) is 24.3 Å². The molecule has 0 saturated carbocycles. The van der Waals surface area contributed by atoms with Gasteiger partial charge < -0.3 is 14.7 Å². The molecule has 0 radical (unpaired) electrons. The van der Waals surface area contributed by atoms with E-state index in [1.54, 1.807) is 4.90 Å². The van der Waals surface area contributed by atoms with E-state index in [2.05, 4.69) is 0 Å². The van der Waals surface area contributed by atoms with Gasteiger partial charge >= 0.3 is 0 Å². The van der Waals surface area contributed by atoms with Gasteiger partial charge in [0.1, 0.15) is 11.6 Å². The fourth-order valence-electron chi connectivity index (χ4n) is 2.56. The molecule has 1 N–H and O–H groups in total. The first kappa shape index (κ1) is 14.5. The first-order valence-electron chi connectivity index (χ1n) is 7.11. The number of benzene rings is 2. The van der Waals surface area contributed by atoms with Crippen molar-refractivity contribution in [2.24, 2.45) is 0 Å². The van der Waals surface area contributed by atoms with Crippen molar-refractivity contribution >= 4 is 11.6 Å². The molecule has 3 rings (SSSR count). The first-order chi connectivity index (χ1) is 10.6. The summed E-state index contributed by atoms with van der Waals surface area (Å²) in [7, 11) is 0. The Balaban J connectivity index is 1.70. The third-order valence-corrected chi connectivity index (χ3v) is 3.69. The third kappa shape index (κ3) is 2.94. The Bertz CT molecular complexity index is 672. The molecule has 0 aromatic heterocycles. The summed E-state index contributed by atoms with van der Waals surface area (Å²) in [5.41, 5.74) is 1.47. The summed E-state index contributed by atoms with van der Waals surface area (Å²) in [4.78, 5) is 14.0. The van der Waals surface area contributed by atoms with Crippen LogP contribution in [0.1, 0.15) is 18.1 Å². The van der Waals surface area contributed by atoms with E-state index in [9.17, 15) is 14.3 Å². The molecule has 1 aliphatic rings. The second-order valence-corrected chi connectivity index (χ2v) is 5.15. The molecule has 22 heavy (non-hydrogen) atoms. The maximum atomic E-state index is 12.8. The van der Waals surface area contributed by atoms with Crippen LogP contribution >= 0.6 is 0 Å². The van der Waals surface area contributed by atoms with Crippen LogP contribution < -0.4 is 9.64 Å². The molecule has 1 heterocycles. The minimum absolute atomic E-state index is 0.129. The fraction of sp³-hybridized carbons (Fsp3) is 0.235. The zero-order valence-electron chi connectivity index (χ0n) is 11.9. The molecule has 5 heteroatoms. The Morgan fingerprint density at radius 1 is 1.23 bits per heavy atom. The number of carbonyl (C=O) groups is 1. The Morgan fingerprint density at radius 3 is 2.73 bits per heavy atom. The number of hydrogen-bond acceptors (Lipinski definition) is 3. The lowest BCUT2D eigenvalue weighted by Crippen LogP contribution is -2.39. The molecule has 0 aliphatic carbocycles. The van der Waals surface area contributed by atoms with Crippen molar-refractivity contribution in [1.29, 1.82) is 0 Å². The molecule has 1 unspecified atom stereocenters. The summed E-state index contributed by atoms with van der Waals surface area (Å²) in [6.45, 7) is 0.319. The molecule has 1 amide bonds. The normalized spacial score (nSPS) is 17.0. The van der Waals surface area contributed by atoms with Crippen molar-refractivity contribution < 1.29 is 19.0 Å². The standard InChI is InChI=1S/C17H16FNO3/c18-12-5-7-13(8-6-12)22-11-17(21)19-10-9-16(20)14-3-1-2-4-15(14)19/h1-8,16,20H,9-11H2. The smallest absolute Gasteiger partial charge is 0.264 e. The summed E-state index contributed by atoms with van der Waals surface area (Å²) in [5, 5.41) is 9.99. The molecule has 0 saturated heterocycles. The number of fused-ring (bicyclic) bond motifs is 1. The Kier molecular flexibility index (Phi) is 4.06. The van der Waals surface area contributed by atoms with Crippen LogP contribution in [0.2, 0.25) is 0 Å². The summed E-state index contributed by atoms with van der Waals surface area (Å²) in [6, 6.07) is 12.8. The maximum absolute atomic E-state index is 12.8. The zero-order chi connectivity index (χ0) is 15.5. The summed E-state index contributed by atoms with van der Waals surface area (Å²) in [6.07, 6.45) is -0.0440. The molecule has 0 spiro atoms. The van der Waals surface area contributed by atoms with E-state index in [4.69, 9.17) is 4.74 Å². The molecular formula is C17H16FNO3. The van der Waals surface area contributed by atoms with Crippen LogP contribution in [0, 0.1) is 5.82 Å². The average Bonchev–Trinajstić information content (AvgIpc) is 2.55. The molecule has 114 valence electrons. The highest BCUT2D eigenvalue weighted by molar-refractivity contribution is 5.95. The first-order valence-corrected chi connectivity index (χ1v) is 7.11. The molecule has 0 bridgehead atoms. The Hall–Kier alpha value is -2.40. The van der Waals surface area contributed by atoms with Crippen molar-refractivity contribution in [1.82, 2.24) is 0 Å². The number of hydrogen-bond donors (Lipinski definition) is 1. The number of nitrogens with zero attached hydrogens (tertiary/aromatic N) is 1. The second kappa shape index (κ2) is 6.15. The van der Waals surface area contributed by atoms with Gasteiger partial charge in [-0.1, -0.05) is 18.2 Å². The highest BCUT2D eigenvalue weighted by Crippen LogP contribution is 2.33. The SMILES string of the molecule is O=C(COc1ccc(F)cc1)N1CCC(O)c2ccccc21. The molecule has 1 aliphatic heterocycles. The van der Waals surface area contributed by atoms with E-state index in [-0.39, 0.29) is 18.3 Å². The number of ether oxygens (including phenoxy) is 1. The van der Waals surface area contributed by atoms with Crippen molar-refractivity contribution in [2.75, 3.05) is 18.1 Å². The molecule has 2 aromatic carbocycles. The van der Waals surface area contributed by atoms with Crippen LogP contribution in [0.15, 0.2) is 48.5 Å². The van der Waals surface area contributed by atoms with Crippen molar-refractivity contribution in [3.8, 4) is 5.75 Å². The van der Waals surface area contributed by atoms with Crippen molar-refractivity contribution in [3.63, 3.8) is 0 Å². The summed E-state index contributed by atoms with van der Waals surface area (Å²) < 4.78 is 18.2. The minimum Gasteiger partial charge on any atom is -0.484 e. The quantitative estimate of drug-likeness (QED) is 0.948. The molecule has 1 atom stereocenters. The molecule has 4 nitrogen and oxygen atoms in total. The zero-order valence-corrected chi connectivity index (χ0v) is 11.9. The number of anilines is 1. The van der Waals surface area contributed by atoms with Gasteiger partial charge in [0.2, 0.25) is 0 Å². The van der Waals surface area contributed by atoms with Crippen LogP contribution in [0.5, 0.6) is 5.75 Å². The van der Waals surface area contributed by atoms with E-state index in [0.717, 1.165) is 5.56 Å². The van der Waals surface area contributed by atoms with Crippen molar-refractivity contribution in [2.45, 2.75) is 12.5 Å². The molecular weight excluding hydrogens is 285 g/mol. The predicted molar refractivity (Wildman–Crippen MR) is 80.3 cm³/mol. The van der Waals surface area contributed by atoms with Gasteiger partial charge in [0, 0.05) is 17.8 Å². The number of aliphatic hydroxyl groups is 1. The third-order valence-electron chi connectivity index (χ3n) is 3.69. The summed E-state index contributed by atoms with van der Waals surface area (Å²) >= 11 is 0. The number of carbonyl (C=O) groups excluding carboxylic acids is 1. The molecule has 0 fully saturated rings. The lowest BCUT2D eigenvalue weighted by Gasteiger charge is -2.32. The fourth-order valence-corrected chi connectivity index (χ4v) is 2.56. The Morgan fingerprint density at radius 2 is 1.95 bits per heavy atom. The van der Waals surface area contributed by atoms with Gasteiger partial charge in [-0.2, -0.15) is 0 Å². The molecule has 2 aromatic rings. The van der Waals surface area contributed by atoms with Crippen molar-refractivity contribution in [3.05, 3.63) is 59.9 Å². The van der Waals surface area contributed by atoms with E-state index < -0.39 is 6.10 Å². The number of para-hydroxylation sites is 1. The minimum atomic E-state index is -0.543. The van der Waals surface area contributed by atoms with Crippen LogP contribution in [-0.2, 0) is 4.79 Å². The van der Waals surface area contributed by atoms with Gasteiger partial charge in [-0.05, 0) is 36.8 Å². The van der Waals surface area contributed by atoms with Gasteiger partial charge in [-0.15, -0.1) is 0 Å². The van der Waals surface area contributed by atoms with Gasteiger partial charge in [-0.25, -0.2) is 4.39 Å². The maximum Gasteiger partial charge on any atom is 0.264 e. The second-order valence-electron chi connectivity index (χ2n) is 5.15. The largest absolute Gasteiger partial charge is 0.484 e. The lowest BCUT2D eigenvalue weighted by atomic mass is 9.99. The number of halogens is 1. The van der Waals surface area contributed by atoms with Gasteiger partial charge in [-0.3, -0.25) is 4.79 Å². The number of amides is 1. The lowest BCUT2D eigenvalue weighted by molar-refractivity contribution is -0.120. The van der Waals surface area contributed by atoms with Crippen LogP contribution in [0.25, 0.3) is 0 Å². The monoisotopic (exact) mass is 301 g/mol.